The van der Waals surface area contributed by atoms with Crippen molar-refractivity contribution in [2.24, 2.45) is 11.5 Å². The van der Waals surface area contributed by atoms with Crippen LogP contribution < -0.4 is 94.8 Å². The van der Waals surface area contributed by atoms with Crippen LogP contribution in [0.15, 0.2) is 109 Å². The number of aromatic carboxylic acids is 1. The molecule has 0 radical (unpaired) electrons. The summed E-state index contributed by atoms with van der Waals surface area (Å²) < 4.78 is 28.0. The van der Waals surface area contributed by atoms with Crippen LogP contribution in [0.5, 0.6) is 34.9 Å². The Kier molecular flexibility index (Phi) is 46.4. The number of unbranched alkanes of at least 4 members (excludes halogenated alkanes) is 9. The van der Waals surface area contributed by atoms with Gasteiger partial charge in [-0.1, -0.05) is 43.9 Å². The van der Waals surface area contributed by atoms with Crippen molar-refractivity contribution in [1.82, 2.24) is 84.1 Å². The maximum absolute atomic E-state index is 12.7. The number of rotatable bonds is 46. The smallest absolute Gasteiger partial charge is 0.407 e. The van der Waals surface area contributed by atoms with E-state index < -0.39 is 29.4 Å². The maximum atomic E-state index is 12.7. The van der Waals surface area contributed by atoms with Gasteiger partial charge in [0.1, 0.15) is 28.5 Å². The van der Waals surface area contributed by atoms with Crippen LogP contribution in [0.2, 0.25) is 0 Å². The van der Waals surface area contributed by atoms with Gasteiger partial charge in [0.2, 0.25) is 35.4 Å². The molecular formula is C97H139ClN18O17S3. The van der Waals surface area contributed by atoms with Crippen LogP contribution in [-0.2, 0) is 43.5 Å². The summed E-state index contributed by atoms with van der Waals surface area (Å²) in [7, 11) is 0. The molecule has 39 heteroatoms. The Bertz CT molecular complexity index is 4920. The number of thioether (sulfide) groups is 3. The van der Waals surface area contributed by atoms with Gasteiger partial charge in [-0.2, -0.15) is 35.3 Å². The molecule has 744 valence electrons. The van der Waals surface area contributed by atoms with Gasteiger partial charge in [0.25, 0.3) is 11.8 Å². The summed E-state index contributed by atoms with van der Waals surface area (Å²) in [4.78, 5) is 144. The van der Waals surface area contributed by atoms with E-state index >= 15 is 0 Å². The molecular weight excluding hydrogens is 1820 g/mol. The van der Waals surface area contributed by atoms with E-state index in [1.807, 2.05) is 67.3 Å². The lowest BCUT2D eigenvalue weighted by Crippen LogP contribution is -2.36. The lowest BCUT2D eigenvalue weighted by Gasteiger charge is -2.19. The number of nitrogens with two attached hydrogens (primary N) is 2. The Morgan fingerprint density at radius 2 is 0.713 bits per heavy atom. The van der Waals surface area contributed by atoms with Crippen molar-refractivity contribution in [2.75, 3.05) is 56.5 Å². The van der Waals surface area contributed by atoms with E-state index in [0.717, 1.165) is 174 Å². The number of aromatic nitrogens is 3. The number of urea groups is 3. The third kappa shape index (κ3) is 40.7. The van der Waals surface area contributed by atoms with Crippen LogP contribution in [0.3, 0.4) is 0 Å². The van der Waals surface area contributed by atoms with Crippen molar-refractivity contribution < 1.29 is 81.5 Å². The van der Waals surface area contributed by atoms with Crippen molar-refractivity contribution in [1.29, 1.82) is 0 Å². The fourth-order valence-electron chi connectivity index (χ4n) is 15.7. The number of carbonyl (C=O) groups is 11. The van der Waals surface area contributed by atoms with Gasteiger partial charge >= 0.3 is 36.2 Å². The number of carbonyl (C=O) groups excluding carboxylic acids is 10. The second-order valence-electron chi connectivity index (χ2n) is 36.1. The molecule has 6 aliphatic heterocycles. The van der Waals surface area contributed by atoms with Crippen LogP contribution >= 0.6 is 47.7 Å². The Labute approximate surface area is 816 Å². The normalized spacial score (nSPS) is 18.5. The van der Waals surface area contributed by atoms with Crippen LogP contribution in [-0.4, -0.2) is 206 Å². The number of amides is 13. The number of aryl methyl sites for hydroxylation is 3. The Balaban J connectivity index is 0.000000231. The Hall–Kier alpha value is -11.1. The first-order valence-electron chi connectivity index (χ1n) is 46.9. The first-order valence-corrected chi connectivity index (χ1v) is 50.1. The van der Waals surface area contributed by atoms with Crippen molar-refractivity contribution in [3.8, 4) is 34.9 Å². The van der Waals surface area contributed by atoms with E-state index in [4.69, 9.17) is 40.3 Å². The van der Waals surface area contributed by atoms with Gasteiger partial charge in [-0.3, -0.25) is 24.0 Å². The molecule has 3 aromatic heterocycles. The van der Waals surface area contributed by atoms with E-state index in [2.05, 4.69) is 84.1 Å². The fourth-order valence-corrected chi connectivity index (χ4v) is 20.3. The minimum Gasteiger partial charge on any atom is -0.478 e. The molecule has 0 unspecified atom stereocenters. The minimum absolute atomic E-state index is 0. The second kappa shape index (κ2) is 57.2. The van der Waals surface area contributed by atoms with Gasteiger partial charge < -0.3 is 109 Å². The van der Waals surface area contributed by atoms with Crippen LogP contribution in [0.25, 0.3) is 0 Å². The summed E-state index contributed by atoms with van der Waals surface area (Å²) >= 11 is 5.73. The number of hydrogen-bond acceptors (Lipinski definition) is 24. The molecule has 9 atom stereocenters. The lowest BCUT2D eigenvalue weighted by atomic mass is 10.0. The number of pyridine rings is 3. The highest BCUT2D eigenvalue weighted by molar-refractivity contribution is 8.00. The Morgan fingerprint density at radius 3 is 1.04 bits per heavy atom. The van der Waals surface area contributed by atoms with Gasteiger partial charge in [-0.25, -0.2) is 43.7 Å². The van der Waals surface area contributed by atoms with Crippen LogP contribution in [0.4, 0.5) is 24.0 Å². The number of hydrogen-bond donors (Lipinski definition) is 16. The minimum atomic E-state index is -1.03. The molecule has 3 aromatic carbocycles. The summed E-state index contributed by atoms with van der Waals surface area (Å²) in [6.45, 7) is 21.1. The average molecular weight is 1960 g/mol. The molecule has 6 saturated heterocycles. The van der Waals surface area contributed by atoms with Gasteiger partial charge in [0.15, 0.2) is 0 Å². The van der Waals surface area contributed by atoms with E-state index in [1.165, 1.54) is 12.1 Å². The number of nitrogens with zero attached hydrogens (tertiary/aromatic N) is 3. The van der Waals surface area contributed by atoms with Gasteiger partial charge in [-0.15, -0.1) is 12.4 Å². The quantitative estimate of drug-likeness (QED) is 0.0125. The van der Waals surface area contributed by atoms with Gasteiger partial charge in [-0.05, 0) is 248 Å². The molecule has 0 aliphatic carbocycles. The van der Waals surface area contributed by atoms with Crippen molar-refractivity contribution >= 4 is 113 Å². The first-order chi connectivity index (χ1) is 64.7. The highest BCUT2D eigenvalue weighted by Gasteiger charge is 2.45. The van der Waals surface area contributed by atoms with E-state index in [1.54, 1.807) is 127 Å². The molecule has 35 nitrogen and oxygen atoms in total. The van der Waals surface area contributed by atoms with E-state index in [9.17, 15) is 52.7 Å². The summed E-state index contributed by atoms with van der Waals surface area (Å²) in [5.41, 5.74) is 15.9. The predicted molar refractivity (Wildman–Crippen MR) is 531 cm³/mol. The highest BCUT2D eigenvalue weighted by Crippen LogP contribution is 2.37. The predicted octanol–water partition coefficient (Wildman–Crippen LogP) is 13.6. The van der Waals surface area contributed by atoms with Crippen molar-refractivity contribution in [3.63, 3.8) is 0 Å². The number of carboxylic acids is 1. The molecule has 0 bridgehead atoms. The van der Waals surface area contributed by atoms with Gasteiger partial charge in [0, 0.05) is 151 Å². The fraction of sp³-hybridized carbons (Fsp3) is 0.546. The number of halogens is 1. The zero-order valence-corrected chi connectivity index (χ0v) is 82.8. The number of carboxylic acid groups (broad SMARTS) is 1. The summed E-state index contributed by atoms with van der Waals surface area (Å²) in [6, 6.07) is 32.2. The van der Waals surface area contributed by atoms with Crippen LogP contribution in [0.1, 0.15) is 241 Å². The standard InChI is InChI=1S/C34H48N6O6S.C29H40N6O4S.C19H22N2O5.C15H28N4O2S.ClH/c1-22-17-23(20-37-33(44)46-34(2,3)4)18-29(38-22)45-25-12-10-11-24(19-25)31(42)36-16-9-5-8-15-35-28(41)14-7-6-13-27-30-26(21-47-27)39-32(43)40-30;1-19-14-20(17-30)15-26(33-19)39-22-9-7-8-21(16-22)28(37)32-13-6-2-5-12-31-25(36)11-4-3-10-24-27-23(18-40-24)34-29(38)35-27;1-12-8-13(11-20-18(24)26-19(2,3)4)9-16(21-12)25-15-7-5-6-14(10-15)17(22)23;16-8-4-1-5-9-17-13(20)7-3-2-6-12-14-11(10-22-12)18-15(21)19-14;/h10-12,17-19,26-27,30H,5-9,13-16,20-21H2,1-4H3,(H,35,41)(H,36,42)(H,37,44)(H2,39,40,43);7-9,14-16,23-24,27H,2-6,10-13,17-18,30H2,1H3,(H,31,36)(H,32,37)(H2,34,35,38);5-10H,11H2,1-4H3,(H,20,24)(H,22,23);11-12,14H,1-10,16H2,(H,17,20)(H2,18,19,21);1H/t26-,27-,30-;23-,24-,27-;;11-,12-,14-;/m00.0./s1. The molecule has 0 spiro atoms. The largest absolute Gasteiger partial charge is 0.478 e. The second-order valence-corrected chi connectivity index (χ2v) is 39.9. The molecule has 136 heavy (non-hydrogen) atoms. The number of ether oxygens (including phenoxy) is 5. The molecule has 6 aromatic rings. The lowest BCUT2D eigenvalue weighted by molar-refractivity contribution is -0.122. The SMILES string of the molecule is Cc1cc(CN)cc(Oc2cccc(C(=O)NCCCCCNC(=O)CCCC[C@@H]3SC[C@@H]4NC(=O)N[C@@H]43)c2)n1.Cc1cc(CNC(=O)OC(C)(C)C)cc(Oc2cccc(C(=O)NCCCCCNC(=O)CCCC[C@@H]3SC[C@@H]4NC(=O)N[C@@H]43)c2)n1.Cc1cc(CNC(=O)OC(C)(C)C)cc(Oc2cccc(C(=O)O)c2)n1.Cl.NCCCCCNC(=O)CCCC[C@@H]1SC[C@@H]2NC(=O)N[C@@H]21. The average Bonchev–Trinajstić information content (AvgIpc) is 1.67. The number of fused-ring (bicyclic) bond motifs is 3. The molecule has 0 saturated carbocycles. The number of benzene rings is 3. The van der Waals surface area contributed by atoms with Crippen molar-refractivity contribution in [3.05, 3.63) is 160 Å². The topological polar surface area (TPSA) is 501 Å². The summed E-state index contributed by atoms with van der Waals surface area (Å²) in [6.07, 6.45) is 17.6. The van der Waals surface area contributed by atoms with E-state index in [-0.39, 0.29) is 109 Å². The molecule has 6 fully saturated rings. The summed E-state index contributed by atoms with van der Waals surface area (Å²) in [5.74, 6) is 4.34. The number of nitrogens with one attached hydrogen (secondary N) is 13. The third-order valence-electron chi connectivity index (χ3n) is 22.2. The number of alkyl carbamates (subject to hydrolysis) is 2. The van der Waals surface area contributed by atoms with Gasteiger partial charge in [0.05, 0.1) is 41.8 Å². The zero-order valence-electron chi connectivity index (χ0n) is 79.5. The molecule has 9 heterocycles. The molecule has 18 N–H and O–H groups in total. The van der Waals surface area contributed by atoms with E-state index in [0.29, 0.717) is 125 Å². The maximum Gasteiger partial charge on any atom is 0.407 e. The molecule has 6 aliphatic rings. The highest BCUT2D eigenvalue weighted by atomic mass is 35.5. The Morgan fingerprint density at radius 1 is 0.397 bits per heavy atom. The first kappa shape index (κ1) is 110. The monoisotopic (exact) mass is 1960 g/mol. The van der Waals surface area contributed by atoms with Crippen molar-refractivity contribution in [2.45, 2.75) is 280 Å². The zero-order chi connectivity index (χ0) is 97.2. The third-order valence-corrected chi connectivity index (χ3v) is 26.7. The molecule has 13 amide bonds. The van der Waals surface area contributed by atoms with Crippen LogP contribution in [0, 0.1) is 20.8 Å². The molecule has 12 rings (SSSR count). The summed E-state index contributed by atoms with van der Waals surface area (Å²) in [5, 5.41) is 48.5.